The van der Waals surface area contributed by atoms with E-state index in [-0.39, 0.29) is 11.2 Å². The molecule has 0 aliphatic carbocycles. The molecule has 0 aliphatic rings. The predicted molar refractivity (Wildman–Crippen MR) is 74.4 cm³/mol. The molecule has 0 saturated heterocycles. The molecule has 0 bridgehead atoms. The Labute approximate surface area is 116 Å². The maximum atomic E-state index is 5.66. The normalized spacial score (nSPS) is 10.2. The van der Waals surface area contributed by atoms with Crippen LogP contribution in [0.5, 0.6) is 5.75 Å². The van der Waals surface area contributed by atoms with Gasteiger partial charge in [-0.05, 0) is 36.2 Å². The van der Waals surface area contributed by atoms with E-state index in [1.165, 1.54) is 0 Å². The highest BCUT2D eigenvalue weighted by Crippen LogP contribution is 2.12. The summed E-state index contributed by atoms with van der Waals surface area (Å²) in [5.41, 5.74) is 6.61. The molecule has 0 spiro atoms. The number of rotatable bonds is 5. The number of hydrogen-bond donors (Lipinski definition) is 2. The number of nitrogens with two attached hydrogens (primary N) is 1. The molecule has 1 aromatic heterocycles. The van der Waals surface area contributed by atoms with Crippen molar-refractivity contribution in [3.05, 3.63) is 35.1 Å². The van der Waals surface area contributed by atoms with E-state index in [2.05, 4.69) is 20.3 Å². The summed E-state index contributed by atoms with van der Waals surface area (Å²) in [4.78, 5) is 11.5. The molecule has 0 atom stereocenters. The van der Waals surface area contributed by atoms with Gasteiger partial charge in [-0.1, -0.05) is 12.1 Å². The van der Waals surface area contributed by atoms with Crippen molar-refractivity contribution in [2.45, 2.75) is 6.92 Å². The molecule has 0 radical (unpaired) electrons. The number of nitrogens with zero attached hydrogens (tertiary/aromatic N) is 3. The lowest BCUT2D eigenvalue weighted by atomic mass is 10.2. The number of benzene rings is 1. The Kier molecular flexibility index (Phi) is 4.35. The van der Waals surface area contributed by atoms with Gasteiger partial charge >= 0.3 is 0 Å². The molecule has 19 heavy (non-hydrogen) atoms. The highest BCUT2D eigenvalue weighted by atomic mass is 35.5. The van der Waals surface area contributed by atoms with Gasteiger partial charge in [-0.25, -0.2) is 0 Å². The number of anilines is 2. The number of hydrogen-bond acceptors (Lipinski definition) is 6. The zero-order chi connectivity index (χ0) is 13.7. The van der Waals surface area contributed by atoms with E-state index in [0.29, 0.717) is 19.1 Å². The van der Waals surface area contributed by atoms with Crippen molar-refractivity contribution in [2.75, 3.05) is 24.2 Å². The Balaban J connectivity index is 1.80. The third-order valence-corrected chi connectivity index (χ3v) is 2.44. The predicted octanol–water partition coefficient (Wildman–Crippen LogP) is 1.91. The summed E-state index contributed by atoms with van der Waals surface area (Å²) >= 11 is 5.66. The Hall–Kier alpha value is -2.08. The molecule has 2 rings (SSSR count). The molecule has 7 heteroatoms. The first-order valence-electron chi connectivity index (χ1n) is 5.74. The highest BCUT2D eigenvalue weighted by Gasteiger charge is 2.01. The molecule has 0 saturated carbocycles. The molecule has 0 fully saturated rings. The molecule has 1 heterocycles. The first-order chi connectivity index (χ1) is 9.13. The van der Waals surface area contributed by atoms with Gasteiger partial charge < -0.3 is 15.8 Å². The number of aromatic nitrogens is 3. The van der Waals surface area contributed by atoms with Crippen molar-refractivity contribution in [1.82, 2.24) is 15.0 Å². The van der Waals surface area contributed by atoms with Gasteiger partial charge in [0.05, 0.1) is 6.54 Å². The maximum Gasteiger partial charge on any atom is 0.228 e. The lowest BCUT2D eigenvalue weighted by Crippen LogP contribution is -2.14. The average molecular weight is 280 g/mol. The van der Waals surface area contributed by atoms with Crippen LogP contribution in [0.3, 0.4) is 0 Å². The van der Waals surface area contributed by atoms with E-state index >= 15 is 0 Å². The van der Waals surface area contributed by atoms with Gasteiger partial charge in [0.15, 0.2) is 0 Å². The van der Waals surface area contributed by atoms with Crippen molar-refractivity contribution >= 4 is 23.5 Å². The molecule has 2 aromatic rings. The van der Waals surface area contributed by atoms with Crippen LogP contribution < -0.4 is 15.8 Å². The number of nitrogen functional groups attached to an aromatic ring is 1. The Bertz CT molecular complexity index is 543. The van der Waals surface area contributed by atoms with Crippen molar-refractivity contribution in [3.8, 4) is 5.75 Å². The van der Waals surface area contributed by atoms with Crippen LogP contribution in [-0.2, 0) is 0 Å². The zero-order valence-corrected chi connectivity index (χ0v) is 11.2. The largest absolute Gasteiger partial charge is 0.492 e. The van der Waals surface area contributed by atoms with E-state index in [9.17, 15) is 0 Å². The first kappa shape index (κ1) is 13.4. The summed E-state index contributed by atoms with van der Waals surface area (Å²) in [5.74, 6) is 1.25. The summed E-state index contributed by atoms with van der Waals surface area (Å²) < 4.78 is 5.57. The molecule has 0 amide bonds. The quantitative estimate of drug-likeness (QED) is 0.813. The van der Waals surface area contributed by atoms with E-state index in [1.807, 2.05) is 31.2 Å². The summed E-state index contributed by atoms with van der Waals surface area (Å²) in [6, 6.07) is 7.84. The van der Waals surface area contributed by atoms with Crippen LogP contribution in [0.25, 0.3) is 0 Å². The first-order valence-corrected chi connectivity index (χ1v) is 6.11. The van der Waals surface area contributed by atoms with Crippen LogP contribution in [0.1, 0.15) is 5.56 Å². The van der Waals surface area contributed by atoms with E-state index < -0.39 is 0 Å². The van der Waals surface area contributed by atoms with Gasteiger partial charge in [-0.15, -0.1) is 0 Å². The summed E-state index contributed by atoms with van der Waals surface area (Å²) in [6.45, 7) is 3.03. The van der Waals surface area contributed by atoms with Crippen molar-refractivity contribution < 1.29 is 4.74 Å². The van der Waals surface area contributed by atoms with Crippen LogP contribution in [0.4, 0.5) is 11.9 Å². The molecule has 1 aromatic carbocycles. The van der Waals surface area contributed by atoms with Crippen LogP contribution in [-0.4, -0.2) is 28.1 Å². The second-order valence-corrected chi connectivity index (χ2v) is 4.22. The molecular weight excluding hydrogens is 266 g/mol. The lowest BCUT2D eigenvalue weighted by Gasteiger charge is -2.08. The van der Waals surface area contributed by atoms with Crippen LogP contribution >= 0.6 is 11.6 Å². The van der Waals surface area contributed by atoms with Gasteiger partial charge in [0.25, 0.3) is 0 Å². The molecule has 0 unspecified atom stereocenters. The Morgan fingerprint density at radius 1 is 1.32 bits per heavy atom. The molecule has 3 N–H and O–H groups in total. The third-order valence-electron chi connectivity index (χ3n) is 2.27. The van der Waals surface area contributed by atoms with Gasteiger partial charge in [0.2, 0.25) is 17.2 Å². The number of halogens is 1. The smallest absolute Gasteiger partial charge is 0.228 e. The van der Waals surface area contributed by atoms with Gasteiger partial charge in [0, 0.05) is 0 Å². The second kappa shape index (κ2) is 6.19. The van der Waals surface area contributed by atoms with Gasteiger partial charge in [0.1, 0.15) is 12.4 Å². The number of aryl methyl sites for hydroxylation is 1. The van der Waals surface area contributed by atoms with Crippen molar-refractivity contribution in [3.63, 3.8) is 0 Å². The molecular formula is C12H14ClN5O. The maximum absolute atomic E-state index is 5.66. The van der Waals surface area contributed by atoms with Crippen LogP contribution in [0, 0.1) is 6.92 Å². The van der Waals surface area contributed by atoms with Crippen molar-refractivity contribution in [2.24, 2.45) is 0 Å². The van der Waals surface area contributed by atoms with E-state index in [4.69, 9.17) is 22.1 Å². The minimum Gasteiger partial charge on any atom is -0.492 e. The SMILES string of the molecule is Cc1cccc(OCCNc2nc(N)nc(Cl)n2)c1. The minimum absolute atomic E-state index is 0.0644. The fourth-order valence-corrected chi connectivity index (χ4v) is 1.65. The van der Waals surface area contributed by atoms with Crippen molar-refractivity contribution in [1.29, 1.82) is 0 Å². The van der Waals surface area contributed by atoms with Crippen LogP contribution in [0.2, 0.25) is 5.28 Å². The summed E-state index contributed by atoms with van der Waals surface area (Å²) in [7, 11) is 0. The topological polar surface area (TPSA) is 86.0 Å². The fraction of sp³-hybridized carbons (Fsp3) is 0.250. The minimum atomic E-state index is 0.0644. The monoisotopic (exact) mass is 279 g/mol. The van der Waals surface area contributed by atoms with E-state index in [0.717, 1.165) is 11.3 Å². The fourth-order valence-electron chi connectivity index (χ4n) is 1.48. The Morgan fingerprint density at radius 3 is 2.89 bits per heavy atom. The lowest BCUT2D eigenvalue weighted by molar-refractivity contribution is 0.332. The third kappa shape index (κ3) is 4.26. The standard InChI is InChI=1S/C12H14ClN5O/c1-8-3-2-4-9(7-8)19-6-5-15-12-17-10(13)16-11(14)18-12/h2-4,7H,5-6H2,1H3,(H3,14,15,16,17,18). The molecule has 100 valence electrons. The summed E-state index contributed by atoms with van der Waals surface area (Å²) in [6.07, 6.45) is 0. The van der Waals surface area contributed by atoms with E-state index in [1.54, 1.807) is 0 Å². The molecule has 0 aliphatic heterocycles. The summed E-state index contributed by atoms with van der Waals surface area (Å²) in [5, 5.41) is 3.02. The highest BCUT2D eigenvalue weighted by molar-refractivity contribution is 6.28. The van der Waals surface area contributed by atoms with Gasteiger partial charge in [-0.2, -0.15) is 15.0 Å². The number of ether oxygens (including phenoxy) is 1. The van der Waals surface area contributed by atoms with Gasteiger partial charge in [-0.3, -0.25) is 0 Å². The zero-order valence-electron chi connectivity index (χ0n) is 10.4. The Morgan fingerprint density at radius 2 is 2.16 bits per heavy atom. The number of nitrogens with one attached hydrogen (secondary N) is 1. The molecule has 6 nitrogen and oxygen atoms in total. The average Bonchev–Trinajstić information content (AvgIpc) is 2.34. The van der Waals surface area contributed by atoms with Crippen LogP contribution in [0.15, 0.2) is 24.3 Å². The second-order valence-electron chi connectivity index (χ2n) is 3.88.